The van der Waals surface area contributed by atoms with Gasteiger partial charge in [0.2, 0.25) is 59.1 Å². The maximum atomic E-state index is 15.3. The number of nitrogens with zero attached hydrogens (tertiary/aromatic N) is 5. The summed E-state index contributed by atoms with van der Waals surface area (Å²) in [4.78, 5) is 170. The number of imidazole rings is 1. The van der Waals surface area contributed by atoms with Gasteiger partial charge >= 0.3 is 5.97 Å². The molecule has 0 saturated carbocycles. The van der Waals surface area contributed by atoms with Crippen LogP contribution in [0, 0.1) is 11.6 Å². The van der Waals surface area contributed by atoms with Gasteiger partial charge in [-0.05, 0) is 103 Å². The number of carboxylic acids is 1. The maximum Gasteiger partial charge on any atom is 0.305 e. The maximum absolute atomic E-state index is 15.3. The molecule has 0 radical (unpaired) electrons. The first kappa shape index (κ1) is 69.0. The first-order valence-electron chi connectivity index (χ1n) is 31.2. The molecular formula is C66H71F2N17O13. The molecule has 30 nitrogen and oxygen atoms in total. The molecule has 11 rings (SSSR count). The number of benzene rings is 4. The molecule has 0 spiro atoms. The molecule has 8 atom stereocenters. The van der Waals surface area contributed by atoms with Crippen molar-refractivity contribution >= 4 is 86.8 Å². The van der Waals surface area contributed by atoms with E-state index in [1.165, 1.54) is 85.1 Å². The lowest BCUT2D eigenvalue weighted by Crippen LogP contribution is -2.63. The minimum absolute atomic E-state index is 0.00958. The third-order valence-corrected chi connectivity index (χ3v) is 17.2. The van der Waals surface area contributed by atoms with Crippen LogP contribution >= 0.6 is 0 Å². The van der Waals surface area contributed by atoms with E-state index in [0.29, 0.717) is 51.0 Å². The van der Waals surface area contributed by atoms with Crippen molar-refractivity contribution in [3.63, 3.8) is 0 Å². The van der Waals surface area contributed by atoms with Gasteiger partial charge in [0.15, 0.2) is 0 Å². The Balaban J connectivity index is 1.02. The number of hydrogen-bond donors (Lipinski definition) is 13. The average molecular weight is 1350 g/mol. The van der Waals surface area contributed by atoms with Gasteiger partial charge in [0.25, 0.3) is 0 Å². The van der Waals surface area contributed by atoms with Crippen molar-refractivity contribution in [2.45, 2.75) is 119 Å². The minimum atomic E-state index is -2.04. The summed E-state index contributed by atoms with van der Waals surface area (Å²) in [5.41, 5.74) is 7.63. The van der Waals surface area contributed by atoms with Gasteiger partial charge in [0.05, 0.1) is 44.0 Å². The van der Waals surface area contributed by atoms with Gasteiger partial charge in [0.1, 0.15) is 65.2 Å². The zero-order valence-electron chi connectivity index (χ0n) is 53.2. The van der Waals surface area contributed by atoms with E-state index in [4.69, 9.17) is 10.5 Å². The Kier molecular flexibility index (Phi) is 21.3. The molecule has 14 N–H and O–H groups in total. The number of hydrogen-bond acceptors (Lipinski definition) is 15. The van der Waals surface area contributed by atoms with Crippen LogP contribution < -0.4 is 53.0 Å². The summed E-state index contributed by atoms with van der Waals surface area (Å²) in [6, 6.07) is 9.35. The third kappa shape index (κ3) is 16.8. The molecule has 0 aliphatic carbocycles. The highest BCUT2D eigenvalue weighted by atomic mass is 19.1. The van der Waals surface area contributed by atoms with Crippen LogP contribution in [0.2, 0.25) is 0 Å². The number of H-pyrrole nitrogens is 3. The Morgan fingerprint density at radius 3 is 1.88 bits per heavy atom. The molecule has 32 heteroatoms. The molecule has 10 amide bonds. The SMILES string of the molecule is COc1ccc(C[C@@H]2NC(=O)[C@@H](Cc3cnc[nH]3)NC(=O)[C@H](CC(=O)O)NC(=O)[C@H](Cc3c[nH]c4ccc(F)cc34)NC(=O)[C@H](Cc3c[nH]c4ccc(F)cc34)NC(=O)CNC(=O)[C@H](NC(C)=O)Cc3cn(nn3)-c3ccc(cc3)C[C@@H](C(N)=O)NC(=O)[C@]3(C)CCCN3C2=O)cc1. The molecule has 4 aromatic heterocycles. The number of primary amides is 1. The van der Waals surface area contributed by atoms with E-state index in [9.17, 15) is 47.4 Å². The number of aliphatic carboxylic acids is 1. The highest BCUT2D eigenvalue weighted by Crippen LogP contribution is 2.32. The Labute approximate surface area is 556 Å². The van der Waals surface area contributed by atoms with Gasteiger partial charge < -0.3 is 78.0 Å². The fraction of sp³-hybridized carbons (Fsp3) is 0.333. The second-order valence-electron chi connectivity index (χ2n) is 24.2. The molecule has 4 bridgehead atoms. The Morgan fingerprint density at radius 1 is 0.704 bits per heavy atom. The molecule has 0 unspecified atom stereocenters. The largest absolute Gasteiger partial charge is 0.497 e. The lowest BCUT2D eigenvalue weighted by atomic mass is 9.94. The number of amides is 10. The van der Waals surface area contributed by atoms with Crippen LogP contribution in [-0.2, 0) is 91.3 Å². The number of carboxylic acid groups (broad SMARTS) is 1. The van der Waals surface area contributed by atoms with Crippen molar-refractivity contribution in [2.24, 2.45) is 5.73 Å². The second kappa shape index (κ2) is 30.3. The molecule has 1 saturated heterocycles. The first-order valence-corrected chi connectivity index (χ1v) is 31.2. The summed E-state index contributed by atoms with van der Waals surface area (Å²) in [7, 11) is 1.46. The summed E-state index contributed by atoms with van der Waals surface area (Å²) in [5, 5.41) is 39.9. The average Bonchev–Trinajstić information content (AvgIpc) is 1.55. The molecule has 4 aromatic carbocycles. The lowest BCUT2D eigenvalue weighted by Gasteiger charge is -2.37. The molecule has 1 fully saturated rings. The van der Waals surface area contributed by atoms with Gasteiger partial charge in [-0.3, -0.25) is 52.7 Å². The molecule has 3 aliphatic heterocycles. The van der Waals surface area contributed by atoms with Crippen molar-refractivity contribution in [3.05, 3.63) is 161 Å². The van der Waals surface area contributed by atoms with Crippen molar-refractivity contribution in [1.29, 1.82) is 0 Å². The number of nitrogens with two attached hydrogens (primary N) is 1. The van der Waals surface area contributed by atoms with Crippen molar-refractivity contribution in [2.75, 3.05) is 20.2 Å². The van der Waals surface area contributed by atoms with Crippen LogP contribution in [0.3, 0.4) is 0 Å². The van der Waals surface area contributed by atoms with Crippen LogP contribution in [0.1, 0.15) is 66.8 Å². The number of carbonyl (C=O) groups excluding carboxylic acids is 10. The van der Waals surface area contributed by atoms with Crippen molar-refractivity contribution < 1.29 is 71.4 Å². The van der Waals surface area contributed by atoms with Gasteiger partial charge in [-0.2, -0.15) is 0 Å². The highest BCUT2D eigenvalue weighted by molar-refractivity contribution is 6.00. The van der Waals surface area contributed by atoms with E-state index >= 15 is 19.2 Å². The smallest absolute Gasteiger partial charge is 0.305 e. The Morgan fingerprint density at radius 2 is 1.30 bits per heavy atom. The van der Waals surface area contributed by atoms with Crippen molar-refractivity contribution in [1.82, 2.24) is 82.4 Å². The Bertz CT molecular complexity index is 4330. The molecule has 3 aliphatic rings. The number of nitrogens with one attached hydrogen (secondary N) is 11. The second-order valence-corrected chi connectivity index (χ2v) is 24.2. The molecular weight excluding hydrogens is 1280 g/mol. The molecule has 98 heavy (non-hydrogen) atoms. The van der Waals surface area contributed by atoms with Gasteiger partial charge in [-0.1, -0.05) is 29.5 Å². The van der Waals surface area contributed by atoms with Crippen LogP contribution in [0.4, 0.5) is 8.78 Å². The lowest BCUT2D eigenvalue weighted by molar-refractivity contribution is -0.147. The van der Waals surface area contributed by atoms with Gasteiger partial charge in [0, 0.05) is 98.1 Å². The monoisotopic (exact) mass is 1350 g/mol. The van der Waals surface area contributed by atoms with Crippen LogP contribution in [0.15, 0.2) is 116 Å². The van der Waals surface area contributed by atoms with Crippen LogP contribution in [0.5, 0.6) is 5.75 Å². The van der Waals surface area contributed by atoms with Crippen molar-refractivity contribution in [3.8, 4) is 11.4 Å². The van der Waals surface area contributed by atoms with E-state index in [1.807, 2.05) is 0 Å². The van der Waals surface area contributed by atoms with E-state index in [0.717, 1.165) is 13.0 Å². The predicted molar refractivity (Wildman–Crippen MR) is 345 cm³/mol. The fourth-order valence-electron chi connectivity index (χ4n) is 12.0. The third-order valence-electron chi connectivity index (χ3n) is 17.2. The highest BCUT2D eigenvalue weighted by Gasteiger charge is 2.49. The number of carbonyl (C=O) groups is 11. The van der Waals surface area contributed by atoms with Gasteiger partial charge in [-0.25, -0.2) is 18.4 Å². The number of fused-ring (bicyclic) bond motifs is 27. The van der Waals surface area contributed by atoms with Gasteiger partial charge in [-0.15, -0.1) is 5.10 Å². The standard InChI is InChI=1S/C66H71F2N17O13/c1-34(86)75-52-26-42-32-85(83-82-42)43-11-5-35(6-12-43)19-49(58(69)90)81-65(97)66(2)17-4-18-84(66)64(96)55(20-36-7-13-44(98-3)14-8-36)80-62(94)53(25-41-30-70-33-74-41)78-63(95)54(27-57(88)89)79-61(93)51(22-38-29-72-48-16-10-40(68)24-46(38)48)77-60(92)50(76-56(87)31-73-59(52)91)21-37-28-71-47-15-9-39(67)23-45(37)47/h5-16,23-24,28-30,32-33,49-55,71-72H,4,17-22,25-27,31H2,1-3H3,(H2,69,90)(H,70,74)(H,73,91)(H,75,86)(H,76,87)(H,77,92)(H,78,95)(H,79,93)(H,80,94)(H,81,97)(H,88,89)/t49-,50-,51-,52+,53+,54-,55-,66-/m0/s1. The van der Waals surface area contributed by atoms with E-state index < -0.39 is 150 Å². The number of methoxy groups -OCH3 is 1. The summed E-state index contributed by atoms with van der Waals surface area (Å²) in [5.74, 6) is -11.9. The summed E-state index contributed by atoms with van der Waals surface area (Å²) in [6.45, 7) is 1.87. The molecule has 512 valence electrons. The number of aromatic nitrogens is 7. The zero-order valence-corrected chi connectivity index (χ0v) is 53.2. The number of rotatable bonds is 13. The predicted octanol–water partition coefficient (Wildman–Crippen LogP) is 0.180. The van der Waals surface area contributed by atoms with E-state index in [-0.39, 0.29) is 61.0 Å². The van der Waals surface area contributed by atoms with Crippen LogP contribution in [0.25, 0.3) is 27.5 Å². The fourth-order valence-corrected chi connectivity index (χ4v) is 12.0. The van der Waals surface area contributed by atoms with Crippen LogP contribution in [-0.4, -0.2) is 178 Å². The minimum Gasteiger partial charge on any atom is -0.497 e. The summed E-state index contributed by atoms with van der Waals surface area (Å²) in [6.07, 6.45) is 4.47. The summed E-state index contributed by atoms with van der Waals surface area (Å²) >= 11 is 0. The normalized spacial score (nSPS) is 22.1. The topological polar surface area (TPSA) is 434 Å². The molecule has 8 aromatic rings. The first-order chi connectivity index (χ1) is 46.9. The number of aromatic amines is 3. The Hall–Kier alpha value is -11.9. The van der Waals surface area contributed by atoms with E-state index in [1.54, 1.807) is 48.5 Å². The van der Waals surface area contributed by atoms with E-state index in [2.05, 4.69) is 72.8 Å². The quantitative estimate of drug-likeness (QED) is 0.0685. The summed E-state index contributed by atoms with van der Waals surface area (Å²) < 4.78 is 36.5. The number of halogens is 2. The molecule has 7 heterocycles. The zero-order chi connectivity index (χ0) is 69.9. The number of ether oxygens (including phenoxy) is 1.